The molecule has 0 radical (unpaired) electrons. The minimum atomic E-state index is 0.569. The van der Waals surface area contributed by atoms with E-state index in [0.29, 0.717) is 29.2 Å². The van der Waals surface area contributed by atoms with E-state index in [4.69, 9.17) is 4.42 Å². The number of aryl methyl sites for hydroxylation is 14. The standard InChI is InChI=1S/C6H12N2.C6H8N2.C5H7N3.C5H10N2.C5H8N2.C5H7NO.C5H11NS.C5H7NS.C4H7N3.C4H6N2O/c2*1-5-3-4-7-6(2)8-5;1-4-6-3-7-5(2)8-4;5*1-4-3-6-5(2)7-4;2*1-3-5-4(2)7-6-3/h5H,3-4H2,1-2H3,(H,7,8);3-4H,1-2H3;3H,1-2H3;4H,3H2,1-2H3,(H,6,7);3H,1-2H3,(H,6,7);3H,1-2H3;4-6H,3H2,1-2H3;3H,1-2H3;1-2H3,(H,5,6,7);1-2H3. The van der Waals surface area contributed by atoms with Crippen LogP contribution in [0, 0.1) is 96.9 Å². The van der Waals surface area contributed by atoms with E-state index in [1.165, 1.54) is 24.2 Å². The van der Waals surface area contributed by atoms with E-state index in [2.05, 4.69) is 135 Å². The molecule has 21 nitrogen and oxygen atoms in total. The first-order valence-corrected chi connectivity index (χ1v) is 25.9. The topological polar surface area (TPSA) is 273 Å². The summed E-state index contributed by atoms with van der Waals surface area (Å²) in [5.41, 5.74) is 2.15. The van der Waals surface area contributed by atoms with E-state index in [9.17, 15) is 0 Å². The smallest absolute Gasteiger partial charge is 0.223 e. The highest BCUT2D eigenvalue weighted by Gasteiger charge is 2.15. The molecule has 73 heavy (non-hydrogen) atoms. The molecule has 0 spiro atoms. The largest absolute Gasteiger partial charge is 0.446 e. The van der Waals surface area contributed by atoms with Crippen molar-refractivity contribution in [2.75, 3.05) is 19.6 Å². The van der Waals surface area contributed by atoms with Gasteiger partial charge in [-0.2, -0.15) is 10.1 Å². The van der Waals surface area contributed by atoms with Crippen molar-refractivity contribution in [1.29, 1.82) is 0 Å². The van der Waals surface area contributed by atoms with Gasteiger partial charge in [-0.15, -0.1) is 23.1 Å². The van der Waals surface area contributed by atoms with E-state index < -0.39 is 0 Å². The zero-order valence-electron chi connectivity index (χ0n) is 47.0. The number of oxazole rings is 1. The lowest BCUT2D eigenvalue weighted by atomic mass is 10.2. The molecule has 0 saturated carbocycles. The molecule has 4 unspecified atom stereocenters. The second-order valence-corrected chi connectivity index (χ2v) is 20.3. The average molecular weight is 1050 g/mol. The van der Waals surface area contributed by atoms with Crippen LogP contribution in [0.5, 0.6) is 0 Å². The van der Waals surface area contributed by atoms with Crippen LogP contribution in [0.15, 0.2) is 56.1 Å². The van der Waals surface area contributed by atoms with Crippen LogP contribution < -0.4 is 16.0 Å². The van der Waals surface area contributed by atoms with Gasteiger partial charge in [-0.05, 0) is 130 Å². The molecule has 7 aromatic heterocycles. The molecule has 7 aromatic rings. The lowest BCUT2D eigenvalue weighted by Gasteiger charge is -2.18. The number of H-pyrrole nitrogens is 2. The maximum absolute atomic E-state index is 4.97. The highest BCUT2D eigenvalue weighted by atomic mass is 32.2. The molecule has 23 heteroatoms. The Morgan fingerprint density at radius 2 is 1.26 bits per heavy atom. The van der Waals surface area contributed by atoms with Crippen LogP contribution >= 0.6 is 23.1 Å². The van der Waals surface area contributed by atoms with E-state index >= 15 is 0 Å². The average Bonchev–Trinajstić information content (AvgIpc) is 4.21. The van der Waals surface area contributed by atoms with Gasteiger partial charge in [0.15, 0.2) is 11.7 Å². The van der Waals surface area contributed by atoms with Gasteiger partial charge in [-0.25, -0.2) is 44.9 Å². The fraction of sp³-hybridized carbons (Fsp3) is 0.560. The van der Waals surface area contributed by atoms with Gasteiger partial charge in [0, 0.05) is 79.1 Å². The van der Waals surface area contributed by atoms with E-state index in [1.54, 1.807) is 37.6 Å². The number of amidine groups is 2. The number of aromatic nitrogens is 14. The molecular weight excluding hydrogens is 963 g/mol. The van der Waals surface area contributed by atoms with Gasteiger partial charge in [-0.3, -0.25) is 15.1 Å². The Morgan fingerprint density at radius 3 is 1.47 bits per heavy atom. The molecule has 10 heterocycles. The molecule has 402 valence electrons. The molecule has 3 aliphatic rings. The summed E-state index contributed by atoms with van der Waals surface area (Å²) in [5, 5.41) is 22.4. The van der Waals surface area contributed by atoms with Gasteiger partial charge in [0.2, 0.25) is 5.89 Å². The monoisotopic (exact) mass is 1050 g/mol. The van der Waals surface area contributed by atoms with Gasteiger partial charge in [0.1, 0.15) is 47.0 Å². The highest BCUT2D eigenvalue weighted by molar-refractivity contribution is 8.00. The lowest BCUT2D eigenvalue weighted by Crippen LogP contribution is -2.34. The highest BCUT2D eigenvalue weighted by Crippen LogP contribution is 2.20. The van der Waals surface area contributed by atoms with E-state index in [1.807, 2.05) is 120 Å². The predicted octanol–water partition coefficient (Wildman–Crippen LogP) is 9.01. The summed E-state index contributed by atoms with van der Waals surface area (Å²) in [4.78, 5) is 51.8. The zero-order valence-corrected chi connectivity index (χ0v) is 48.6. The summed E-state index contributed by atoms with van der Waals surface area (Å²) in [5.74, 6) is 10.1. The first-order chi connectivity index (χ1) is 34.4. The van der Waals surface area contributed by atoms with Crippen LogP contribution in [-0.4, -0.2) is 124 Å². The van der Waals surface area contributed by atoms with Gasteiger partial charge in [-0.1, -0.05) is 12.1 Å². The quantitative estimate of drug-likeness (QED) is 0.0947. The van der Waals surface area contributed by atoms with Gasteiger partial charge >= 0.3 is 0 Å². The van der Waals surface area contributed by atoms with Crippen LogP contribution in [-0.2, 0) is 0 Å². The van der Waals surface area contributed by atoms with Crippen LogP contribution in [0.4, 0.5) is 0 Å². The normalized spacial score (nSPS) is 16.5. The second kappa shape index (κ2) is 36.6. The molecule has 4 atom stereocenters. The number of nitrogens with zero attached hydrogens (tertiary/aromatic N) is 14. The fourth-order valence-electron chi connectivity index (χ4n) is 5.79. The molecule has 10 rings (SSSR count). The van der Waals surface area contributed by atoms with Crippen molar-refractivity contribution < 1.29 is 8.94 Å². The van der Waals surface area contributed by atoms with Crippen LogP contribution in [0.2, 0.25) is 0 Å². The first kappa shape index (κ1) is 64.7. The summed E-state index contributed by atoms with van der Waals surface area (Å²) >= 11 is 3.74. The van der Waals surface area contributed by atoms with Crippen LogP contribution in [0.1, 0.15) is 128 Å². The van der Waals surface area contributed by atoms with Crippen LogP contribution in [0.3, 0.4) is 0 Å². The first-order valence-electron chi connectivity index (χ1n) is 24.1. The van der Waals surface area contributed by atoms with Crippen molar-refractivity contribution in [3.8, 4) is 0 Å². The Hall–Kier alpha value is -6.33. The number of thiazole rings is 1. The molecule has 1 saturated heterocycles. The molecule has 5 N–H and O–H groups in total. The third kappa shape index (κ3) is 35.4. The Kier molecular flexibility index (Phi) is 32.4. The summed E-state index contributed by atoms with van der Waals surface area (Å²) < 4.78 is 9.58. The molecule has 0 bridgehead atoms. The Labute approximate surface area is 442 Å². The van der Waals surface area contributed by atoms with Crippen LogP contribution in [0.25, 0.3) is 0 Å². The second-order valence-electron chi connectivity index (χ2n) is 17.1. The number of rotatable bonds is 0. The number of aromatic amines is 2. The third-order valence-corrected chi connectivity index (χ3v) is 11.0. The minimum absolute atomic E-state index is 0.569. The molecular formula is C50H83N19O2S2. The zero-order chi connectivity index (χ0) is 54.9. The minimum Gasteiger partial charge on any atom is -0.446 e. The van der Waals surface area contributed by atoms with Gasteiger partial charge in [0.25, 0.3) is 0 Å². The molecule has 1 fully saturated rings. The van der Waals surface area contributed by atoms with E-state index in [0.717, 1.165) is 93.0 Å². The summed E-state index contributed by atoms with van der Waals surface area (Å²) in [6.45, 7) is 42.4. The van der Waals surface area contributed by atoms with Crippen molar-refractivity contribution in [2.24, 2.45) is 9.98 Å². The number of aliphatic imine (C=N–C) groups is 2. The Balaban J connectivity index is 0.000000406. The SMILES string of the molecule is CC1=NCC(C)N1.CC1=NCCC(C)N1.CC1CNC(C)S1.Cc1ccnc(C)n1.Cc1cnc(C)[nH]1.Cc1cnc(C)o1.Cc1cnc(C)s1.Cc1n[nH]c(C)n1.Cc1ncnc(C)n1.Cc1noc(C)n1. The lowest BCUT2D eigenvalue weighted by molar-refractivity contribution is 0.389. The number of nitrogens with one attached hydrogen (secondary N) is 5. The number of hydrogen-bond donors (Lipinski definition) is 5. The molecule has 0 aliphatic carbocycles. The number of hydrogen-bond acceptors (Lipinski definition) is 21. The van der Waals surface area contributed by atoms with Gasteiger partial charge in [0.05, 0.1) is 34.8 Å². The molecule has 0 aromatic carbocycles. The van der Waals surface area contributed by atoms with Gasteiger partial charge < -0.3 is 29.9 Å². The molecule has 0 amide bonds. The van der Waals surface area contributed by atoms with Crippen molar-refractivity contribution >= 4 is 34.8 Å². The summed E-state index contributed by atoms with van der Waals surface area (Å²) in [6, 6.07) is 3.08. The number of imidazole rings is 1. The Morgan fingerprint density at radius 1 is 0.603 bits per heavy atom. The maximum atomic E-state index is 4.97. The van der Waals surface area contributed by atoms with Crippen molar-refractivity contribution in [1.82, 2.24) is 86.1 Å². The fourth-order valence-corrected chi connectivity index (χ4v) is 7.55. The van der Waals surface area contributed by atoms with Crippen molar-refractivity contribution in [3.63, 3.8) is 0 Å². The van der Waals surface area contributed by atoms with E-state index in [-0.39, 0.29) is 0 Å². The Bertz CT molecular complexity index is 2190. The summed E-state index contributed by atoms with van der Waals surface area (Å²) in [6.07, 6.45) is 9.86. The number of thioether (sulfide) groups is 1. The third-order valence-electron chi connectivity index (χ3n) is 8.92. The summed E-state index contributed by atoms with van der Waals surface area (Å²) in [7, 11) is 0. The molecule has 3 aliphatic heterocycles. The maximum Gasteiger partial charge on any atom is 0.223 e. The van der Waals surface area contributed by atoms with Crippen molar-refractivity contribution in [3.05, 3.63) is 117 Å². The van der Waals surface area contributed by atoms with Crippen molar-refractivity contribution in [2.45, 2.75) is 168 Å². The predicted molar refractivity (Wildman–Crippen MR) is 296 cm³/mol.